The predicted octanol–water partition coefficient (Wildman–Crippen LogP) is 0.988. The molecule has 1 fully saturated rings. The molecule has 1 saturated carbocycles. The van der Waals surface area contributed by atoms with E-state index in [1.165, 1.54) is 40.6 Å². The van der Waals surface area contributed by atoms with Crippen molar-refractivity contribution in [2.24, 2.45) is 11.6 Å². The zero-order valence-electron chi connectivity index (χ0n) is 19.2. The summed E-state index contributed by atoms with van der Waals surface area (Å²) in [5.41, 5.74) is 10.4. The van der Waals surface area contributed by atoms with Crippen molar-refractivity contribution in [2.75, 3.05) is 7.11 Å². The Balaban J connectivity index is 1.23. The van der Waals surface area contributed by atoms with Gasteiger partial charge in [-0.15, -0.1) is 5.10 Å². The molecule has 4 aromatic rings. The summed E-state index contributed by atoms with van der Waals surface area (Å²) in [4.78, 5) is 17.2. The summed E-state index contributed by atoms with van der Waals surface area (Å²) in [6, 6.07) is 9.52. The van der Waals surface area contributed by atoms with Crippen LogP contribution in [-0.4, -0.2) is 47.6 Å². The van der Waals surface area contributed by atoms with Gasteiger partial charge < -0.3 is 25.2 Å². The van der Waals surface area contributed by atoms with Crippen molar-refractivity contribution < 1.29 is 9.53 Å². The van der Waals surface area contributed by atoms with Gasteiger partial charge in [0.1, 0.15) is 23.4 Å². The molecule has 0 atom stereocenters. The van der Waals surface area contributed by atoms with Crippen LogP contribution in [0.4, 0.5) is 0 Å². The number of fused-ring (bicyclic) bond motifs is 1. The molecular weight excluding hydrogens is 448 g/mol. The van der Waals surface area contributed by atoms with Crippen LogP contribution in [-0.2, 0) is 17.9 Å². The molecular formula is C23H26N10O2. The third-order valence-electron chi connectivity index (χ3n) is 5.81. The van der Waals surface area contributed by atoms with Gasteiger partial charge >= 0.3 is 0 Å². The van der Waals surface area contributed by atoms with Gasteiger partial charge in [-0.25, -0.2) is 15.5 Å². The quantitative estimate of drug-likeness (QED) is 0.183. The number of methoxy groups -OCH3 is 1. The van der Waals surface area contributed by atoms with E-state index < -0.39 is 5.91 Å². The maximum Gasteiger partial charge on any atom is 0.268 e. The number of nitrogens with two attached hydrogens (primary N) is 2. The van der Waals surface area contributed by atoms with Gasteiger partial charge in [0.15, 0.2) is 0 Å². The minimum atomic E-state index is -0.463. The molecule has 1 aliphatic carbocycles. The molecule has 0 unspecified atom stereocenters. The normalized spacial score (nSPS) is 13.7. The van der Waals surface area contributed by atoms with Crippen molar-refractivity contribution in [3.63, 3.8) is 0 Å². The molecule has 0 spiro atoms. The van der Waals surface area contributed by atoms with E-state index in [4.69, 9.17) is 16.3 Å². The molecule has 0 aliphatic heterocycles. The van der Waals surface area contributed by atoms with Crippen molar-refractivity contribution in [2.45, 2.75) is 31.8 Å². The van der Waals surface area contributed by atoms with E-state index in [1.54, 1.807) is 25.3 Å². The zero-order chi connectivity index (χ0) is 24.4. The highest BCUT2D eigenvalue weighted by Gasteiger charge is 2.23. The first-order valence-corrected chi connectivity index (χ1v) is 11.1. The molecule has 12 heteroatoms. The first-order chi connectivity index (χ1) is 17.0. The minimum absolute atomic E-state index is 0.0286. The number of nitrogens with one attached hydrogen (secondary N) is 1. The van der Waals surface area contributed by atoms with Gasteiger partial charge in [-0.2, -0.15) is 0 Å². The lowest BCUT2D eigenvalue weighted by atomic mass is 10.1. The summed E-state index contributed by atoms with van der Waals surface area (Å²) in [5, 5.41) is 15.4. The van der Waals surface area contributed by atoms with Crippen molar-refractivity contribution in [3.8, 4) is 11.4 Å². The molecule has 1 amide bonds. The number of tetrazole rings is 1. The number of carbonyl (C=O) groups excluding carboxylic acids is 1. The molecule has 1 aromatic carbocycles. The molecule has 35 heavy (non-hydrogen) atoms. The number of hydrazine groups is 1. The largest absolute Gasteiger partial charge is 0.497 e. The SMILES string of the molecule is COc1ccc(-n2cnnn2)c(CNC(=O)/C(N)=C/N(N)Cc2cn3cc(C4CC4)ccc3n2)c1. The Morgan fingerprint density at radius 3 is 2.89 bits per heavy atom. The highest BCUT2D eigenvalue weighted by atomic mass is 16.5. The summed E-state index contributed by atoms with van der Waals surface area (Å²) < 4.78 is 8.80. The maximum atomic E-state index is 12.6. The van der Waals surface area contributed by atoms with Gasteiger partial charge in [-0.1, -0.05) is 6.07 Å². The van der Waals surface area contributed by atoms with Crippen LogP contribution in [0, 0.1) is 0 Å². The van der Waals surface area contributed by atoms with E-state index in [2.05, 4.69) is 38.1 Å². The fraction of sp³-hybridized carbons (Fsp3) is 0.261. The molecule has 5 rings (SSSR count). The maximum absolute atomic E-state index is 12.6. The van der Waals surface area contributed by atoms with Crippen LogP contribution in [0.5, 0.6) is 5.75 Å². The number of amides is 1. The van der Waals surface area contributed by atoms with Gasteiger partial charge in [0.05, 0.1) is 25.0 Å². The Hall–Kier alpha value is -4.45. The van der Waals surface area contributed by atoms with E-state index >= 15 is 0 Å². The lowest BCUT2D eigenvalue weighted by Crippen LogP contribution is -2.32. The van der Waals surface area contributed by atoms with E-state index in [0.29, 0.717) is 23.9 Å². The summed E-state index contributed by atoms with van der Waals surface area (Å²) in [5.74, 6) is 6.93. The first kappa shape index (κ1) is 22.3. The molecule has 3 aromatic heterocycles. The van der Waals surface area contributed by atoms with Crippen molar-refractivity contribution in [1.82, 2.24) is 39.9 Å². The average molecular weight is 475 g/mol. The molecule has 0 bridgehead atoms. The summed E-state index contributed by atoms with van der Waals surface area (Å²) in [6.07, 6.45) is 9.40. The second-order valence-electron chi connectivity index (χ2n) is 8.42. The third kappa shape index (κ3) is 5.06. The molecule has 0 saturated heterocycles. The van der Waals surface area contributed by atoms with E-state index in [0.717, 1.165) is 16.9 Å². The van der Waals surface area contributed by atoms with Crippen molar-refractivity contribution in [3.05, 3.63) is 77.8 Å². The van der Waals surface area contributed by atoms with Crippen molar-refractivity contribution in [1.29, 1.82) is 0 Å². The first-order valence-electron chi connectivity index (χ1n) is 11.1. The Bertz CT molecular complexity index is 1370. The average Bonchev–Trinajstić information content (AvgIpc) is 3.41. The molecule has 1 aliphatic rings. The van der Waals surface area contributed by atoms with E-state index in [-0.39, 0.29) is 12.2 Å². The van der Waals surface area contributed by atoms with Gasteiger partial charge in [0.2, 0.25) is 0 Å². The number of ether oxygens (including phenoxy) is 1. The van der Waals surface area contributed by atoms with Crippen LogP contribution in [0.15, 0.2) is 60.9 Å². The zero-order valence-corrected chi connectivity index (χ0v) is 19.2. The van der Waals surface area contributed by atoms with E-state index in [9.17, 15) is 4.79 Å². The van der Waals surface area contributed by atoms with Gasteiger partial charge in [0.25, 0.3) is 5.91 Å². The van der Waals surface area contributed by atoms with Gasteiger partial charge in [-0.05, 0) is 59.0 Å². The number of aromatic nitrogens is 6. The number of pyridine rings is 1. The molecule has 3 heterocycles. The lowest BCUT2D eigenvalue weighted by Gasteiger charge is -2.14. The Labute approximate surface area is 201 Å². The molecule has 12 nitrogen and oxygen atoms in total. The second-order valence-corrected chi connectivity index (χ2v) is 8.42. The smallest absolute Gasteiger partial charge is 0.268 e. The minimum Gasteiger partial charge on any atom is -0.497 e. The van der Waals surface area contributed by atoms with Crippen LogP contribution in [0.25, 0.3) is 11.3 Å². The fourth-order valence-corrected chi connectivity index (χ4v) is 3.87. The van der Waals surface area contributed by atoms with Crippen LogP contribution >= 0.6 is 0 Å². The number of nitrogens with zero attached hydrogens (tertiary/aromatic N) is 7. The Morgan fingerprint density at radius 1 is 1.29 bits per heavy atom. The number of carbonyl (C=O) groups is 1. The van der Waals surface area contributed by atoms with Crippen LogP contribution in [0.1, 0.15) is 35.6 Å². The number of hydrogen-bond acceptors (Lipinski definition) is 9. The second kappa shape index (κ2) is 9.43. The topological polar surface area (TPSA) is 155 Å². The number of imidazole rings is 1. The number of benzene rings is 1. The van der Waals surface area contributed by atoms with Crippen molar-refractivity contribution >= 4 is 11.6 Å². The summed E-state index contributed by atoms with van der Waals surface area (Å²) in [7, 11) is 1.57. The number of hydrogen-bond donors (Lipinski definition) is 3. The van der Waals surface area contributed by atoms with Crippen LogP contribution < -0.4 is 21.6 Å². The highest BCUT2D eigenvalue weighted by molar-refractivity contribution is 5.92. The highest BCUT2D eigenvalue weighted by Crippen LogP contribution is 2.39. The van der Waals surface area contributed by atoms with Crippen LogP contribution in [0.3, 0.4) is 0 Å². The molecule has 5 N–H and O–H groups in total. The summed E-state index contributed by atoms with van der Waals surface area (Å²) in [6.45, 7) is 0.480. The van der Waals surface area contributed by atoms with Crippen LogP contribution in [0.2, 0.25) is 0 Å². The summed E-state index contributed by atoms with van der Waals surface area (Å²) >= 11 is 0. The number of rotatable bonds is 9. The third-order valence-corrected chi connectivity index (χ3v) is 5.81. The Morgan fingerprint density at radius 2 is 2.14 bits per heavy atom. The fourth-order valence-electron chi connectivity index (χ4n) is 3.87. The van der Waals surface area contributed by atoms with Gasteiger partial charge in [0, 0.05) is 30.7 Å². The van der Waals surface area contributed by atoms with E-state index in [1.807, 2.05) is 16.7 Å². The molecule has 0 radical (unpaired) electrons. The predicted molar refractivity (Wildman–Crippen MR) is 127 cm³/mol. The lowest BCUT2D eigenvalue weighted by molar-refractivity contribution is -0.117. The van der Waals surface area contributed by atoms with Gasteiger partial charge in [-0.3, -0.25) is 4.79 Å². The Kier molecular flexibility index (Phi) is 6.02. The molecule has 180 valence electrons. The monoisotopic (exact) mass is 474 g/mol. The standard InChI is InChI=1S/C23H26N10O2/c1-35-19-5-6-21(33-14-27-29-30-33)17(8-19)9-26-23(34)20(24)13-32(25)12-18-11-31-10-16(15-2-3-15)4-7-22(31)28-18/h4-8,10-11,13-15H,2-3,9,12,24-25H2,1H3,(H,26,34)/b20-13-.